The van der Waals surface area contributed by atoms with Gasteiger partial charge >= 0.3 is 0 Å². The minimum Gasteiger partial charge on any atom is -0.486 e. The second-order valence-corrected chi connectivity index (χ2v) is 8.63. The molecular weight excluding hydrogens is 372 g/mol. The van der Waals surface area contributed by atoms with E-state index >= 15 is 0 Å². The summed E-state index contributed by atoms with van der Waals surface area (Å²) in [6.45, 7) is 2.12. The molecule has 6 heteroatoms. The SMILES string of the molecule is CN(CC(=O)N(Cc1cccs1)c1ccc2c(c1)OCCO2)C1CCCCC1. The lowest BCUT2D eigenvalue weighted by Crippen LogP contribution is -2.43. The number of ether oxygens (including phenoxy) is 2. The summed E-state index contributed by atoms with van der Waals surface area (Å²) in [6, 6.07) is 10.4. The van der Waals surface area contributed by atoms with Crippen molar-refractivity contribution in [2.45, 2.75) is 44.7 Å². The summed E-state index contributed by atoms with van der Waals surface area (Å²) in [4.78, 5) is 18.6. The van der Waals surface area contributed by atoms with Crippen LogP contribution < -0.4 is 14.4 Å². The number of anilines is 1. The molecule has 150 valence electrons. The van der Waals surface area contributed by atoms with Crippen LogP contribution in [0.4, 0.5) is 5.69 Å². The van der Waals surface area contributed by atoms with Gasteiger partial charge in [-0.25, -0.2) is 0 Å². The topological polar surface area (TPSA) is 42.0 Å². The Hall–Kier alpha value is -2.05. The van der Waals surface area contributed by atoms with Crippen LogP contribution in [0.5, 0.6) is 11.5 Å². The number of hydrogen-bond acceptors (Lipinski definition) is 5. The van der Waals surface area contributed by atoms with Gasteiger partial charge in [-0.15, -0.1) is 11.3 Å². The molecule has 1 saturated carbocycles. The molecule has 1 fully saturated rings. The highest BCUT2D eigenvalue weighted by Crippen LogP contribution is 2.35. The van der Waals surface area contributed by atoms with Crippen molar-refractivity contribution in [3.05, 3.63) is 40.6 Å². The summed E-state index contributed by atoms with van der Waals surface area (Å²) in [7, 11) is 2.08. The van der Waals surface area contributed by atoms with E-state index in [2.05, 4.69) is 23.4 Å². The van der Waals surface area contributed by atoms with Crippen LogP contribution in [0.15, 0.2) is 35.7 Å². The second-order valence-electron chi connectivity index (χ2n) is 7.59. The molecule has 1 aliphatic carbocycles. The van der Waals surface area contributed by atoms with Crippen molar-refractivity contribution in [1.82, 2.24) is 4.90 Å². The third-order valence-electron chi connectivity index (χ3n) is 5.62. The average Bonchev–Trinajstić information content (AvgIpc) is 3.25. The molecule has 0 radical (unpaired) electrons. The van der Waals surface area contributed by atoms with Crippen LogP contribution in [0.1, 0.15) is 37.0 Å². The molecule has 2 aliphatic rings. The predicted molar refractivity (Wildman–Crippen MR) is 112 cm³/mol. The Balaban J connectivity index is 1.53. The first-order chi connectivity index (χ1) is 13.7. The third kappa shape index (κ3) is 4.50. The van der Waals surface area contributed by atoms with Gasteiger partial charge in [0.1, 0.15) is 13.2 Å². The predicted octanol–water partition coefficient (Wildman–Crippen LogP) is 4.32. The summed E-state index contributed by atoms with van der Waals surface area (Å²) in [5.74, 6) is 1.59. The van der Waals surface area contributed by atoms with Gasteiger partial charge in [-0.2, -0.15) is 0 Å². The first-order valence-corrected chi connectivity index (χ1v) is 11.0. The van der Waals surface area contributed by atoms with E-state index < -0.39 is 0 Å². The zero-order valence-electron chi connectivity index (χ0n) is 16.4. The van der Waals surface area contributed by atoms with E-state index in [1.165, 1.54) is 37.0 Å². The third-order valence-corrected chi connectivity index (χ3v) is 6.48. The van der Waals surface area contributed by atoms with Gasteiger partial charge in [-0.05, 0) is 43.5 Å². The van der Waals surface area contributed by atoms with E-state index in [4.69, 9.17) is 9.47 Å². The van der Waals surface area contributed by atoms with Crippen LogP contribution in [-0.4, -0.2) is 43.7 Å². The van der Waals surface area contributed by atoms with Gasteiger partial charge in [0.15, 0.2) is 11.5 Å². The van der Waals surface area contributed by atoms with Crippen molar-refractivity contribution in [3.63, 3.8) is 0 Å². The van der Waals surface area contributed by atoms with Gasteiger partial charge < -0.3 is 14.4 Å². The van der Waals surface area contributed by atoms with Gasteiger partial charge in [0, 0.05) is 22.7 Å². The Bertz CT molecular complexity index is 787. The number of carbonyl (C=O) groups excluding carboxylic acids is 1. The normalized spacial score (nSPS) is 16.9. The number of fused-ring (bicyclic) bond motifs is 1. The van der Waals surface area contributed by atoms with Crippen LogP contribution in [0.3, 0.4) is 0 Å². The van der Waals surface area contributed by atoms with E-state index in [0.29, 0.717) is 38.1 Å². The van der Waals surface area contributed by atoms with Crippen molar-refractivity contribution in [2.75, 3.05) is 31.7 Å². The number of rotatable bonds is 6. The Morgan fingerprint density at radius 1 is 1.11 bits per heavy atom. The van der Waals surface area contributed by atoms with Crippen LogP contribution in [0, 0.1) is 0 Å². The first-order valence-electron chi connectivity index (χ1n) is 10.1. The highest BCUT2D eigenvalue weighted by Gasteiger charge is 2.25. The van der Waals surface area contributed by atoms with Crippen LogP contribution >= 0.6 is 11.3 Å². The lowest BCUT2D eigenvalue weighted by molar-refractivity contribution is -0.120. The van der Waals surface area contributed by atoms with E-state index in [1.807, 2.05) is 29.2 Å². The molecule has 0 unspecified atom stereocenters. The molecule has 1 amide bonds. The molecule has 1 aromatic heterocycles. The molecular formula is C22H28N2O3S. The lowest BCUT2D eigenvalue weighted by atomic mass is 9.94. The van der Waals surface area contributed by atoms with E-state index in [0.717, 1.165) is 11.4 Å². The zero-order valence-corrected chi connectivity index (χ0v) is 17.2. The quantitative estimate of drug-likeness (QED) is 0.724. The summed E-state index contributed by atoms with van der Waals surface area (Å²) in [5, 5.41) is 2.05. The maximum atomic E-state index is 13.3. The molecule has 1 aromatic carbocycles. The van der Waals surface area contributed by atoms with Crippen molar-refractivity contribution < 1.29 is 14.3 Å². The highest BCUT2D eigenvalue weighted by atomic mass is 32.1. The monoisotopic (exact) mass is 400 g/mol. The van der Waals surface area contributed by atoms with E-state index in [1.54, 1.807) is 11.3 Å². The minimum atomic E-state index is 0.123. The summed E-state index contributed by atoms with van der Waals surface area (Å²) < 4.78 is 11.4. The Morgan fingerprint density at radius 3 is 2.64 bits per heavy atom. The van der Waals surface area contributed by atoms with Crippen molar-refractivity contribution in [1.29, 1.82) is 0 Å². The maximum Gasteiger partial charge on any atom is 0.241 e. The molecule has 0 atom stereocenters. The van der Waals surface area contributed by atoms with Crippen LogP contribution in [-0.2, 0) is 11.3 Å². The molecule has 0 N–H and O–H groups in total. The fourth-order valence-corrected chi connectivity index (χ4v) is 4.72. The first kappa shape index (κ1) is 19.3. The van der Waals surface area contributed by atoms with Crippen LogP contribution in [0.25, 0.3) is 0 Å². The molecule has 2 heterocycles. The van der Waals surface area contributed by atoms with Crippen molar-refractivity contribution >= 4 is 22.9 Å². The highest BCUT2D eigenvalue weighted by molar-refractivity contribution is 7.09. The van der Waals surface area contributed by atoms with Crippen molar-refractivity contribution in [3.8, 4) is 11.5 Å². The van der Waals surface area contributed by atoms with Crippen LogP contribution in [0.2, 0.25) is 0 Å². The van der Waals surface area contributed by atoms with Gasteiger partial charge in [-0.1, -0.05) is 25.3 Å². The largest absolute Gasteiger partial charge is 0.486 e. The molecule has 0 saturated heterocycles. The molecule has 1 aliphatic heterocycles. The standard InChI is InChI=1S/C22H28N2O3S/c1-23(17-6-3-2-4-7-17)16-22(25)24(15-19-8-5-13-28-19)18-9-10-20-21(14-18)27-12-11-26-20/h5,8-10,13-14,17H,2-4,6-7,11-12,15-16H2,1H3. The van der Waals surface area contributed by atoms with Gasteiger partial charge in [-0.3, -0.25) is 9.69 Å². The summed E-state index contributed by atoms with van der Waals surface area (Å²) >= 11 is 1.68. The molecule has 4 rings (SSSR count). The smallest absolute Gasteiger partial charge is 0.241 e. The number of nitrogens with zero attached hydrogens (tertiary/aromatic N) is 2. The van der Waals surface area contributed by atoms with Gasteiger partial charge in [0.05, 0.1) is 13.1 Å². The number of likely N-dealkylation sites (N-methyl/N-ethyl adjacent to an activating group) is 1. The van der Waals surface area contributed by atoms with E-state index in [-0.39, 0.29) is 5.91 Å². The fourth-order valence-electron chi connectivity index (χ4n) is 4.03. The minimum absolute atomic E-state index is 0.123. The van der Waals surface area contributed by atoms with Crippen molar-refractivity contribution in [2.24, 2.45) is 0 Å². The number of thiophene rings is 1. The second kappa shape index (κ2) is 8.97. The zero-order chi connectivity index (χ0) is 19.3. The van der Waals surface area contributed by atoms with Gasteiger partial charge in [0.2, 0.25) is 5.91 Å². The Labute approximate surface area is 170 Å². The molecule has 28 heavy (non-hydrogen) atoms. The summed E-state index contributed by atoms with van der Waals surface area (Å²) in [5.41, 5.74) is 0.861. The Morgan fingerprint density at radius 2 is 1.89 bits per heavy atom. The molecule has 5 nitrogen and oxygen atoms in total. The number of amides is 1. The van der Waals surface area contributed by atoms with E-state index in [9.17, 15) is 4.79 Å². The molecule has 0 spiro atoms. The Kier molecular flexibility index (Phi) is 6.17. The lowest BCUT2D eigenvalue weighted by Gasteiger charge is -2.33. The number of hydrogen-bond donors (Lipinski definition) is 0. The molecule has 0 bridgehead atoms. The molecule has 2 aromatic rings. The fraction of sp³-hybridized carbons (Fsp3) is 0.500. The average molecular weight is 401 g/mol. The number of benzene rings is 1. The summed E-state index contributed by atoms with van der Waals surface area (Å²) in [6.07, 6.45) is 6.24. The number of carbonyl (C=O) groups is 1. The van der Waals surface area contributed by atoms with Gasteiger partial charge in [0.25, 0.3) is 0 Å². The maximum absolute atomic E-state index is 13.3.